The molecule has 182 valence electrons. The Morgan fingerprint density at radius 3 is 1.57 bits per heavy atom. The molecule has 6 rings (SSSR count). The molecule has 0 heterocycles. The second-order valence-corrected chi connectivity index (χ2v) is 12.6. The summed E-state index contributed by atoms with van der Waals surface area (Å²) in [7, 11) is -2.25. The molecule has 5 aromatic rings. The maximum absolute atomic E-state index is 11.9. The number of rotatable bonds is 5. The van der Waals surface area contributed by atoms with Gasteiger partial charge < -0.3 is 5.11 Å². The summed E-state index contributed by atoms with van der Waals surface area (Å²) >= 11 is 0. The highest BCUT2D eigenvalue weighted by Gasteiger charge is 2.56. The SMILES string of the molecule is Br.CC([O-])=Nc1ccc2c(c1)C([P+](c1ccccc1)(c1ccccc1)c1ccccc1)c1ccccc1-2. The van der Waals surface area contributed by atoms with Crippen molar-refractivity contribution in [3.63, 3.8) is 0 Å². The first-order chi connectivity index (χ1) is 17.7. The van der Waals surface area contributed by atoms with E-state index in [9.17, 15) is 5.11 Å². The van der Waals surface area contributed by atoms with Crippen molar-refractivity contribution in [3.05, 3.63) is 145 Å². The first kappa shape index (κ1) is 25.1. The summed E-state index contributed by atoms with van der Waals surface area (Å²) in [5.74, 6) is -0.183. The quantitative estimate of drug-likeness (QED) is 0.132. The lowest BCUT2D eigenvalue weighted by atomic mass is 10.1. The standard InChI is InChI=1S/C33H26NOP.BrH/c1-24(35)34-25-21-22-30-29-19-11-12-20-31(29)33(32(30)23-25)36(26-13-5-2-6-14-26,27-15-7-3-8-16-27)28-17-9-4-10-18-28;/h2-23,33H,1H3;1H. The number of benzene rings is 5. The lowest BCUT2D eigenvalue weighted by Crippen LogP contribution is -2.35. The van der Waals surface area contributed by atoms with Crippen LogP contribution < -0.4 is 21.0 Å². The van der Waals surface area contributed by atoms with Crippen LogP contribution in [0.5, 0.6) is 0 Å². The van der Waals surface area contributed by atoms with E-state index in [1.807, 2.05) is 6.07 Å². The van der Waals surface area contributed by atoms with Crippen LogP contribution in [0, 0.1) is 0 Å². The zero-order valence-electron chi connectivity index (χ0n) is 20.5. The summed E-state index contributed by atoms with van der Waals surface area (Å²) in [6.07, 6.45) is 0. The molecule has 5 aromatic carbocycles. The van der Waals surface area contributed by atoms with Gasteiger partial charge in [0.15, 0.2) is 0 Å². The van der Waals surface area contributed by atoms with Crippen LogP contribution in [0.1, 0.15) is 23.7 Å². The smallest absolute Gasteiger partial charge is 0.135 e. The number of fused-ring (bicyclic) bond motifs is 3. The van der Waals surface area contributed by atoms with Gasteiger partial charge in [0.05, 0.1) is 5.69 Å². The molecule has 0 saturated heterocycles. The average molecular weight is 564 g/mol. The first-order valence-corrected chi connectivity index (χ1v) is 14.1. The monoisotopic (exact) mass is 563 g/mol. The third-order valence-corrected chi connectivity index (χ3v) is 11.7. The van der Waals surface area contributed by atoms with Crippen molar-refractivity contribution in [1.29, 1.82) is 0 Å². The topological polar surface area (TPSA) is 35.4 Å². The van der Waals surface area contributed by atoms with Crippen molar-refractivity contribution in [2.45, 2.75) is 12.6 Å². The largest absolute Gasteiger partial charge is 0.862 e. The van der Waals surface area contributed by atoms with Crippen molar-refractivity contribution in [1.82, 2.24) is 0 Å². The van der Waals surface area contributed by atoms with E-state index in [1.165, 1.54) is 45.1 Å². The van der Waals surface area contributed by atoms with E-state index in [-0.39, 0.29) is 28.5 Å². The van der Waals surface area contributed by atoms with Crippen molar-refractivity contribution in [2.24, 2.45) is 4.99 Å². The Morgan fingerprint density at radius 1 is 0.595 bits per heavy atom. The van der Waals surface area contributed by atoms with E-state index in [2.05, 4.69) is 132 Å². The van der Waals surface area contributed by atoms with Crippen molar-refractivity contribution >= 4 is 51.7 Å². The Balaban J connectivity index is 0.00000280. The molecule has 2 nitrogen and oxygen atoms in total. The molecule has 0 radical (unpaired) electrons. The van der Waals surface area contributed by atoms with Crippen molar-refractivity contribution in [2.75, 3.05) is 0 Å². The first-order valence-electron chi connectivity index (χ1n) is 12.2. The Morgan fingerprint density at radius 2 is 1.05 bits per heavy atom. The zero-order valence-corrected chi connectivity index (χ0v) is 23.1. The molecule has 0 saturated carbocycles. The summed E-state index contributed by atoms with van der Waals surface area (Å²) in [5, 5.41) is 15.9. The zero-order chi connectivity index (χ0) is 24.5. The maximum atomic E-state index is 11.9. The third kappa shape index (κ3) is 4.23. The Kier molecular flexibility index (Phi) is 7.11. The molecule has 1 atom stereocenters. The maximum Gasteiger partial charge on any atom is 0.135 e. The van der Waals surface area contributed by atoms with E-state index in [0.717, 1.165) is 0 Å². The van der Waals surface area contributed by atoms with Gasteiger partial charge in [-0.2, -0.15) is 0 Å². The van der Waals surface area contributed by atoms with E-state index in [1.54, 1.807) is 0 Å². The molecule has 0 fully saturated rings. The summed E-state index contributed by atoms with van der Waals surface area (Å²) in [5.41, 5.74) is 5.87. The number of hydrogen-bond acceptors (Lipinski definition) is 2. The number of aliphatic imine (C=N–C) groups is 1. The van der Waals surface area contributed by atoms with Gasteiger partial charge in [0, 0.05) is 11.1 Å². The lowest BCUT2D eigenvalue weighted by molar-refractivity contribution is -0.215. The summed E-state index contributed by atoms with van der Waals surface area (Å²) in [6.45, 7) is 1.51. The lowest BCUT2D eigenvalue weighted by Gasteiger charge is -2.34. The fourth-order valence-corrected chi connectivity index (χ4v) is 10.7. The van der Waals surface area contributed by atoms with E-state index in [0.29, 0.717) is 5.69 Å². The highest BCUT2D eigenvalue weighted by atomic mass is 79.9. The third-order valence-electron chi connectivity index (χ3n) is 7.04. The highest BCUT2D eigenvalue weighted by molar-refractivity contribution is 8.93. The summed E-state index contributed by atoms with van der Waals surface area (Å²) in [6, 6.07) is 48.0. The van der Waals surface area contributed by atoms with E-state index >= 15 is 0 Å². The summed E-state index contributed by atoms with van der Waals surface area (Å²) < 4.78 is 0. The van der Waals surface area contributed by atoms with Crippen LogP contribution in [0.3, 0.4) is 0 Å². The van der Waals surface area contributed by atoms with Crippen LogP contribution in [0.15, 0.2) is 138 Å². The fraction of sp³-hybridized carbons (Fsp3) is 0.0606. The molecule has 1 aliphatic carbocycles. The Hall–Kier alpha value is -3.52. The molecular weight excluding hydrogens is 537 g/mol. The normalized spacial score (nSPS) is 14.4. The highest BCUT2D eigenvalue weighted by Crippen LogP contribution is 2.72. The van der Waals surface area contributed by atoms with Gasteiger partial charge in [-0.3, -0.25) is 4.99 Å². The summed E-state index contributed by atoms with van der Waals surface area (Å²) in [4.78, 5) is 4.31. The van der Waals surface area contributed by atoms with Gasteiger partial charge in [0.25, 0.3) is 0 Å². The predicted octanol–water partition coefficient (Wildman–Crippen LogP) is 6.74. The van der Waals surface area contributed by atoms with Crippen molar-refractivity contribution in [3.8, 4) is 11.1 Å². The van der Waals surface area contributed by atoms with Crippen LogP contribution >= 0.6 is 24.2 Å². The van der Waals surface area contributed by atoms with Gasteiger partial charge in [-0.1, -0.05) is 84.9 Å². The van der Waals surface area contributed by atoms with Gasteiger partial charge in [-0.05, 0) is 72.5 Å². The number of nitrogens with zero attached hydrogens (tertiary/aromatic N) is 1. The van der Waals surface area contributed by atoms with Crippen molar-refractivity contribution < 1.29 is 5.11 Å². The number of hydrogen-bond donors (Lipinski definition) is 0. The van der Waals surface area contributed by atoms with Crippen LogP contribution in [-0.2, 0) is 0 Å². The molecule has 0 aromatic heterocycles. The van der Waals surface area contributed by atoms with Gasteiger partial charge in [0.2, 0.25) is 0 Å². The molecule has 0 bridgehead atoms. The second-order valence-electron chi connectivity index (χ2n) is 9.12. The molecule has 0 N–H and O–H groups in total. The number of halogens is 1. The van der Waals surface area contributed by atoms with Crippen LogP contribution in [0.25, 0.3) is 11.1 Å². The molecule has 37 heavy (non-hydrogen) atoms. The predicted molar refractivity (Wildman–Crippen MR) is 162 cm³/mol. The minimum absolute atomic E-state index is 0. The Labute approximate surface area is 229 Å². The fourth-order valence-electron chi connectivity index (χ4n) is 5.72. The van der Waals surface area contributed by atoms with Crippen LogP contribution in [-0.4, -0.2) is 5.90 Å². The molecule has 0 spiro atoms. The van der Waals surface area contributed by atoms with Gasteiger partial charge in [0.1, 0.15) is 28.8 Å². The minimum atomic E-state index is -2.25. The molecule has 0 aliphatic heterocycles. The molecular formula is C33H27BrNOP. The minimum Gasteiger partial charge on any atom is -0.862 e. The van der Waals surface area contributed by atoms with Gasteiger partial charge >= 0.3 is 0 Å². The van der Waals surface area contributed by atoms with E-state index in [4.69, 9.17) is 0 Å². The molecule has 0 amide bonds. The van der Waals surface area contributed by atoms with Crippen LogP contribution in [0.4, 0.5) is 5.69 Å². The van der Waals surface area contributed by atoms with Crippen LogP contribution in [0.2, 0.25) is 0 Å². The Bertz CT molecular complexity index is 1450. The molecule has 4 heteroatoms. The van der Waals surface area contributed by atoms with Gasteiger partial charge in [-0.15, -0.1) is 17.0 Å². The van der Waals surface area contributed by atoms with E-state index < -0.39 is 7.26 Å². The molecule has 1 aliphatic rings. The average Bonchev–Trinajstić information content (AvgIpc) is 3.25. The molecule has 1 unspecified atom stereocenters. The van der Waals surface area contributed by atoms with Gasteiger partial charge in [-0.25, -0.2) is 0 Å². The second kappa shape index (κ2) is 10.5.